The molecule has 21 heavy (non-hydrogen) atoms. The minimum Gasteiger partial charge on any atom is -0.381 e. The Labute approximate surface area is 128 Å². The van der Waals surface area contributed by atoms with Crippen LogP contribution in [0.1, 0.15) is 25.7 Å². The first-order valence-electron chi connectivity index (χ1n) is 7.67. The van der Waals surface area contributed by atoms with Crippen LogP contribution in [0.2, 0.25) is 0 Å². The van der Waals surface area contributed by atoms with Crippen LogP contribution in [-0.4, -0.2) is 36.4 Å². The van der Waals surface area contributed by atoms with Gasteiger partial charge in [0.05, 0.1) is 15.8 Å². The highest BCUT2D eigenvalue weighted by atomic mass is 32.1. The van der Waals surface area contributed by atoms with Gasteiger partial charge in [-0.05, 0) is 37.8 Å². The van der Waals surface area contributed by atoms with Crippen LogP contribution in [-0.2, 0) is 9.47 Å². The molecule has 1 aromatic carbocycles. The van der Waals surface area contributed by atoms with Crippen molar-refractivity contribution in [1.29, 1.82) is 0 Å². The molecule has 2 aliphatic heterocycles. The summed E-state index contributed by atoms with van der Waals surface area (Å²) in [5, 5.41) is 4.66. The molecular formula is C16H20N2O2S. The molecule has 2 fully saturated rings. The smallest absolute Gasteiger partial charge is 0.184 e. The van der Waals surface area contributed by atoms with Crippen LogP contribution in [0.25, 0.3) is 10.2 Å². The number of rotatable bonds is 2. The number of nitrogens with zero attached hydrogens (tertiary/aromatic N) is 1. The maximum atomic E-state index is 6.10. The van der Waals surface area contributed by atoms with Crippen molar-refractivity contribution in [2.75, 3.05) is 25.1 Å². The van der Waals surface area contributed by atoms with Crippen LogP contribution in [0.3, 0.4) is 0 Å². The molecule has 3 heterocycles. The standard InChI is InChI=1S/C16H20N2O2S/c1-2-4-14-13(3-1)18-15(21-14)17-12-5-8-20-16(11-12)6-9-19-10-7-16/h1-4,12H,5-11H2,(H,17,18)/t12-/m0/s1. The first-order valence-corrected chi connectivity index (χ1v) is 8.49. The van der Waals surface area contributed by atoms with E-state index in [1.165, 1.54) is 4.70 Å². The molecule has 0 bridgehead atoms. The highest BCUT2D eigenvalue weighted by molar-refractivity contribution is 7.22. The molecule has 1 spiro atoms. The van der Waals surface area contributed by atoms with Gasteiger partial charge >= 0.3 is 0 Å². The van der Waals surface area contributed by atoms with Gasteiger partial charge in [0.1, 0.15) is 0 Å². The summed E-state index contributed by atoms with van der Waals surface area (Å²) in [4.78, 5) is 4.68. The summed E-state index contributed by atoms with van der Waals surface area (Å²) < 4.78 is 12.8. The van der Waals surface area contributed by atoms with Crippen molar-refractivity contribution < 1.29 is 9.47 Å². The number of hydrogen-bond acceptors (Lipinski definition) is 5. The maximum Gasteiger partial charge on any atom is 0.184 e. The first-order chi connectivity index (χ1) is 10.3. The number of aromatic nitrogens is 1. The summed E-state index contributed by atoms with van der Waals surface area (Å²) in [6.45, 7) is 2.49. The molecule has 1 aromatic heterocycles. The van der Waals surface area contributed by atoms with Gasteiger partial charge in [-0.3, -0.25) is 0 Å². The third-order valence-corrected chi connectivity index (χ3v) is 5.49. The Kier molecular flexibility index (Phi) is 3.57. The number of benzene rings is 1. The molecule has 4 rings (SSSR count). The summed E-state index contributed by atoms with van der Waals surface area (Å²) in [7, 11) is 0. The monoisotopic (exact) mass is 304 g/mol. The molecule has 1 atom stereocenters. The summed E-state index contributed by atoms with van der Waals surface area (Å²) >= 11 is 1.74. The fraction of sp³-hybridized carbons (Fsp3) is 0.562. The van der Waals surface area contributed by atoms with E-state index < -0.39 is 0 Å². The van der Waals surface area contributed by atoms with E-state index in [1.807, 2.05) is 6.07 Å². The average Bonchev–Trinajstić information content (AvgIpc) is 2.90. The maximum absolute atomic E-state index is 6.10. The summed E-state index contributed by atoms with van der Waals surface area (Å²) in [5.41, 5.74) is 1.11. The molecule has 4 nitrogen and oxygen atoms in total. The summed E-state index contributed by atoms with van der Waals surface area (Å²) in [6.07, 6.45) is 4.15. The SMILES string of the molecule is c1ccc2sc(N[C@H]3CCOC4(CCOCC4)C3)nc2c1. The number of anilines is 1. The Morgan fingerprint density at radius 2 is 2.05 bits per heavy atom. The molecule has 0 radical (unpaired) electrons. The molecular weight excluding hydrogens is 284 g/mol. The Bertz CT molecular complexity index is 583. The van der Waals surface area contributed by atoms with E-state index in [0.29, 0.717) is 6.04 Å². The lowest BCUT2D eigenvalue weighted by Gasteiger charge is -2.43. The minimum absolute atomic E-state index is 0.0326. The van der Waals surface area contributed by atoms with Crippen LogP contribution in [0.4, 0.5) is 5.13 Å². The van der Waals surface area contributed by atoms with Crippen molar-refractivity contribution in [2.45, 2.75) is 37.3 Å². The topological polar surface area (TPSA) is 43.4 Å². The van der Waals surface area contributed by atoms with E-state index in [9.17, 15) is 0 Å². The fourth-order valence-corrected chi connectivity index (χ4v) is 4.29. The van der Waals surface area contributed by atoms with Crippen molar-refractivity contribution in [3.63, 3.8) is 0 Å². The van der Waals surface area contributed by atoms with Gasteiger partial charge in [0.2, 0.25) is 0 Å². The molecule has 0 aliphatic carbocycles. The van der Waals surface area contributed by atoms with E-state index in [0.717, 1.165) is 56.2 Å². The van der Waals surface area contributed by atoms with E-state index in [-0.39, 0.29) is 5.60 Å². The van der Waals surface area contributed by atoms with Gasteiger partial charge in [0.25, 0.3) is 0 Å². The summed E-state index contributed by atoms with van der Waals surface area (Å²) in [5.74, 6) is 0. The number of hydrogen-bond donors (Lipinski definition) is 1. The Morgan fingerprint density at radius 3 is 2.90 bits per heavy atom. The Balaban J connectivity index is 1.48. The molecule has 5 heteroatoms. The highest BCUT2D eigenvalue weighted by Gasteiger charge is 2.39. The molecule has 112 valence electrons. The Hall–Kier alpha value is -1.17. The third-order valence-electron chi connectivity index (χ3n) is 4.52. The van der Waals surface area contributed by atoms with Gasteiger partial charge in [-0.25, -0.2) is 4.98 Å². The van der Waals surface area contributed by atoms with Crippen LogP contribution in [0, 0.1) is 0 Å². The van der Waals surface area contributed by atoms with Crippen molar-refractivity contribution in [3.05, 3.63) is 24.3 Å². The second-order valence-electron chi connectivity index (χ2n) is 5.96. The second kappa shape index (κ2) is 5.55. The van der Waals surface area contributed by atoms with Crippen LogP contribution < -0.4 is 5.32 Å². The van der Waals surface area contributed by atoms with E-state index >= 15 is 0 Å². The third kappa shape index (κ3) is 2.78. The summed E-state index contributed by atoms with van der Waals surface area (Å²) in [6, 6.07) is 8.76. The molecule has 2 saturated heterocycles. The van der Waals surface area contributed by atoms with Crippen molar-refractivity contribution >= 4 is 26.7 Å². The van der Waals surface area contributed by atoms with Gasteiger partial charge in [0.15, 0.2) is 5.13 Å². The minimum atomic E-state index is 0.0326. The second-order valence-corrected chi connectivity index (χ2v) is 7.00. The van der Waals surface area contributed by atoms with Gasteiger partial charge in [-0.2, -0.15) is 0 Å². The zero-order valence-electron chi connectivity index (χ0n) is 12.0. The molecule has 0 amide bonds. The van der Waals surface area contributed by atoms with Crippen molar-refractivity contribution in [3.8, 4) is 0 Å². The van der Waals surface area contributed by atoms with E-state index in [1.54, 1.807) is 11.3 Å². The largest absolute Gasteiger partial charge is 0.381 e. The van der Waals surface area contributed by atoms with Crippen molar-refractivity contribution in [1.82, 2.24) is 4.98 Å². The predicted octanol–water partition coefficient (Wildman–Crippen LogP) is 3.44. The number of nitrogens with one attached hydrogen (secondary N) is 1. The molecule has 0 unspecified atom stereocenters. The fourth-order valence-electron chi connectivity index (χ4n) is 3.35. The lowest BCUT2D eigenvalue weighted by atomic mass is 9.84. The van der Waals surface area contributed by atoms with E-state index in [2.05, 4.69) is 28.5 Å². The Morgan fingerprint density at radius 1 is 1.19 bits per heavy atom. The van der Waals surface area contributed by atoms with Gasteiger partial charge in [-0.1, -0.05) is 23.5 Å². The number of ether oxygens (including phenoxy) is 2. The average molecular weight is 304 g/mol. The molecule has 2 aromatic rings. The zero-order chi connectivity index (χ0) is 14.1. The van der Waals surface area contributed by atoms with Crippen molar-refractivity contribution in [2.24, 2.45) is 0 Å². The number of para-hydroxylation sites is 1. The van der Waals surface area contributed by atoms with Gasteiger partial charge in [0, 0.05) is 25.9 Å². The first kappa shape index (κ1) is 13.5. The zero-order valence-corrected chi connectivity index (χ0v) is 12.8. The quantitative estimate of drug-likeness (QED) is 0.923. The van der Waals surface area contributed by atoms with Crippen LogP contribution in [0.15, 0.2) is 24.3 Å². The highest BCUT2D eigenvalue weighted by Crippen LogP contribution is 2.36. The lowest BCUT2D eigenvalue weighted by molar-refractivity contribution is -0.135. The predicted molar refractivity (Wildman–Crippen MR) is 85.0 cm³/mol. The van der Waals surface area contributed by atoms with Crippen LogP contribution in [0.5, 0.6) is 0 Å². The molecule has 1 N–H and O–H groups in total. The van der Waals surface area contributed by atoms with Crippen LogP contribution >= 0.6 is 11.3 Å². The lowest BCUT2D eigenvalue weighted by Crippen LogP contribution is -2.47. The van der Waals surface area contributed by atoms with Gasteiger partial charge < -0.3 is 14.8 Å². The molecule has 2 aliphatic rings. The number of fused-ring (bicyclic) bond motifs is 1. The van der Waals surface area contributed by atoms with E-state index in [4.69, 9.17) is 9.47 Å². The molecule has 0 saturated carbocycles. The van der Waals surface area contributed by atoms with Gasteiger partial charge in [-0.15, -0.1) is 0 Å². The normalized spacial score (nSPS) is 25.2. The number of thiazole rings is 1.